The van der Waals surface area contributed by atoms with Crippen LogP contribution < -0.4 is 15.5 Å². The Balaban J connectivity index is 2.75. The molecule has 0 bridgehead atoms. The molecule has 124 valence electrons. The van der Waals surface area contributed by atoms with Crippen LogP contribution in [0.3, 0.4) is 0 Å². The van der Waals surface area contributed by atoms with Gasteiger partial charge in [0.15, 0.2) is 11.7 Å². The number of hydrogen-bond donors (Lipinski definition) is 2. The summed E-state index contributed by atoms with van der Waals surface area (Å²) in [6.45, 7) is 8.04. The van der Waals surface area contributed by atoms with Crippen molar-refractivity contribution in [3.05, 3.63) is 33.8 Å². The summed E-state index contributed by atoms with van der Waals surface area (Å²) in [7, 11) is 0. The van der Waals surface area contributed by atoms with Crippen LogP contribution in [0.5, 0.6) is 5.75 Å². The van der Waals surface area contributed by atoms with Gasteiger partial charge in [0.1, 0.15) is 11.5 Å². The van der Waals surface area contributed by atoms with E-state index in [1.54, 1.807) is 29.7 Å². The number of carbonyl (C=O) groups excluding carboxylic acids is 1. The van der Waals surface area contributed by atoms with Crippen LogP contribution in [0.4, 0.5) is 5.82 Å². The molecular formula is C17H22N2O4. The molecule has 2 rings (SSSR count). The van der Waals surface area contributed by atoms with Gasteiger partial charge >= 0.3 is 0 Å². The van der Waals surface area contributed by atoms with Crippen molar-refractivity contribution in [2.45, 2.75) is 33.7 Å². The third kappa shape index (κ3) is 3.23. The maximum atomic E-state index is 12.5. The number of nitrogens with one attached hydrogen (secondary N) is 1. The molecule has 0 aromatic carbocycles. The Morgan fingerprint density at radius 1 is 1.39 bits per heavy atom. The fourth-order valence-corrected chi connectivity index (χ4v) is 2.59. The van der Waals surface area contributed by atoms with E-state index in [0.717, 1.165) is 0 Å². The summed E-state index contributed by atoms with van der Waals surface area (Å²) in [4.78, 5) is 23.4. The molecule has 0 saturated carbocycles. The highest BCUT2D eigenvalue weighted by atomic mass is 16.5. The van der Waals surface area contributed by atoms with Crippen LogP contribution >= 0.6 is 0 Å². The first-order valence-electron chi connectivity index (χ1n) is 7.56. The van der Waals surface area contributed by atoms with Gasteiger partial charge in [0, 0.05) is 0 Å². The fraction of sp³-hybridized carbons (Fsp3) is 0.471. The molecule has 1 unspecified atom stereocenters. The zero-order chi connectivity index (χ0) is 17.2. The second kappa shape index (κ2) is 6.44. The second-order valence-electron chi connectivity index (χ2n) is 6.46. The Hall–Kier alpha value is -2.30. The van der Waals surface area contributed by atoms with E-state index in [1.165, 1.54) is 6.08 Å². The fourth-order valence-electron chi connectivity index (χ4n) is 2.59. The number of nitrogens with zero attached hydrogens (tertiary/aromatic N) is 1. The number of rotatable bonds is 4. The average Bonchev–Trinajstić information content (AvgIpc) is 2.50. The lowest BCUT2D eigenvalue weighted by molar-refractivity contribution is 0.137. The van der Waals surface area contributed by atoms with Gasteiger partial charge in [-0.05, 0) is 24.5 Å². The molecule has 2 heterocycles. The highest BCUT2D eigenvalue weighted by Crippen LogP contribution is 2.35. The van der Waals surface area contributed by atoms with Gasteiger partial charge in [-0.1, -0.05) is 20.8 Å². The Labute approximate surface area is 135 Å². The van der Waals surface area contributed by atoms with Gasteiger partial charge in [0.25, 0.3) is 0 Å². The van der Waals surface area contributed by atoms with Crippen LogP contribution in [0, 0.1) is 5.41 Å². The van der Waals surface area contributed by atoms with Crippen LogP contribution in [0.1, 0.15) is 39.3 Å². The van der Waals surface area contributed by atoms with Crippen molar-refractivity contribution >= 4 is 17.8 Å². The van der Waals surface area contributed by atoms with Gasteiger partial charge in [0.05, 0.1) is 31.0 Å². The maximum absolute atomic E-state index is 12.5. The van der Waals surface area contributed by atoms with Gasteiger partial charge in [-0.25, -0.2) is 4.79 Å². The number of pyridine rings is 1. The number of hydrogen-bond acceptors (Lipinski definition) is 5. The topological polar surface area (TPSA) is 80.6 Å². The molecule has 0 saturated heterocycles. The number of aliphatic hydroxyl groups excluding tert-OH is 1. The van der Waals surface area contributed by atoms with Gasteiger partial charge in [-0.3, -0.25) is 4.79 Å². The second-order valence-corrected chi connectivity index (χ2v) is 6.46. The Morgan fingerprint density at radius 2 is 2.09 bits per heavy atom. The molecule has 6 nitrogen and oxygen atoms in total. The first-order chi connectivity index (χ1) is 10.8. The monoisotopic (exact) mass is 318 g/mol. The molecule has 0 fully saturated rings. The third-order valence-electron chi connectivity index (χ3n) is 3.83. The van der Waals surface area contributed by atoms with E-state index in [9.17, 15) is 14.7 Å². The van der Waals surface area contributed by atoms with E-state index < -0.39 is 0 Å². The molecule has 1 aromatic rings. The van der Waals surface area contributed by atoms with E-state index in [1.807, 2.05) is 20.8 Å². The lowest BCUT2D eigenvalue weighted by Crippen LogP contribution is -2.32. The third-order valence-corrected chi connectivity index (χ3v) is 3.83. The molecule has 0 aliphatic carbocycles. The molecule has 6 heteroatoms. The van der Waals surface area contributed by atoms with Crippen molar-refractivity contribution in [2.75, 3.05) is 18.5 Å². The van der Waals surface area contributed by atoms with Crippen molar-refractivity contribution < 1.29 is 14.6 Å². The van der Waals surface area contributed by atoms with Crippen LogP contribution in [0.2, 0.25) is 0 Å². The van der Waals surface area contributed by atoms with Gasteiger partial charge in [-0.2, -0.15) is 0 Å². The minimum Gasteiger partial charge on any atom is -0.488 e. The highest BCUT2D eigenvalue weighted by molar-refractivity contribution is 5.79. The molecule has 0 spiro atoms. The molecule has 0 radical (unpaired) electrons. The van der Waals surface area contributed by atoms with Crippen LogP contribution in [0.15, 0.2) is 22.8 Å². The Bertz CT molecular complexity index is 734. The molecule has 2 N–H and O–H groups in total. The quantitative estimate of drug-likeness (QED) is 0.830. The Morgan fingerprint density at radius 3 is 2.61 bits per heavy atom. The lowest BCUT2D eigenvalue weighted by atomic mass is 9.86. The minimum atomic E-state index is -0.303. The molecule has 0 amide bonds. The number of fused-ring (bicyclic) bond motifs is 1. The van der Waals surface area contributed by atoms with Crippen LogP contribution in [0.25, 0.3) is 6.08 Å². The number of ether oxygens (including phenoxy) is 1. The van der Waals surface area contributed by atoms with Gasteiger partial charge < -0.3 is 19.7 Å². The van der Waals surface area contributed by atoms with E-state index in [2.05, 4.69) is 5.32 Å². The van der Waals surface area contributed by atoms with E-state index in [-0.39, 0.29) is 34.9 Å². The largest absolute Gasteiger partial charge is 0.488 e. The normalized spacial score (nSPS) is 14.7. The molecule has 1 atom stereocenters. The van der Waals surface area contributed by atoms with Gasteiger partial charge in [0.2, 0.25) is 5.43 Å². The number of aliphatic hydroxyl groups is 1. The first-order valence-corrected chi connectivity index (χ1v) is 7.56. The zero-order valence-corrected chi connectivity index (χ0v) is 13.8. The minimum absolute atomic E-state index is 0.115. The van der Waals surface area contributed by atoms with Crippen LogP contribution in [-0.2, 0) is 4.79 Å². The number of anilines is 1. The summed E-state index contributed by atoms with van der Waals surface area (Å²) in [5, 5.41) is 12.8. The predicted octanol–water partition coefficient (Wildman–Crippen LogP) is 1.98. The molecular weight excluding hydrogens is 296 g/mol. The highest BCUT2D eigenvalue weighted by Gasteiger charge is 2.30. The summed E-state index contributed by atoms with van der Waals surface area (Å²) >= 11 is 0. The summed E-state index contributed by atoms with van der Waals surface area (Å²) < 4.78 is 7.21. The van der Waals surface area contributed by atoms with Gasteiger partial charge in [-0.15, -0.1) is 0 Å². The standard InChI is InChI=1S/C17H22N2O4/c1-5-23-13-8-19(14(10-21)17(2,3)4)16-12(15(13)22)7-6-11(9-20)18-16/h6-8,14,18,21H,5,10H2,1-4H3. The Kier molecular flexibility index (Phi) is 4.78. The lowest BCUT2D eigenvalue weighted by Gasteiger charge is -2.34. The number of allylic oxidation sites excluding steroid dienone is 1. The van der Waals surface area contributed by atoms with Crippen LogP contribution in [-0.4, -0.2) is 28.8 Å². The van der Waals surface area contributed by atoms with E-state index >= 15 is 0 Å². The van der Waals surface area contributed by atoms with Crippen molar-refractivity contribution in [2.24, 2.45) is 5.41 Å². The van der Waals surface area contributed by atoms with Crippen molar-refractivity contribution in [1.29, 1.82) is 0 Å². The molecule has 1 aromatic heterocycles. The average molecular weight is 318 g/mol. The smallest absolute Gasteiger partial charge is 0.232 e. The predicted molar refractivity (Wildman–Crippen MR) is 89.3 cm³/mol. The van der Waals surface area contributed by atoms with E-state index in [4.69, 9.17) is 4.74 Å². The van der Waals surface area contributed by atoms with Crippen molar-refractivity contribution in [1.82, 2.24) is 4.57 Å². The zero-order valence-electron chi connectivity index (χ0n) is 13.8. The summed E-state index contributed by atoms with van der Waals surface area (Å²) in [5.74, 6) is 2.47. The first kappa shape index (κ1) is 17.1. The van der Waals surface area contributed by atoms with E-state index in [0.29, 0.717) is 18.0 Å². The molecule has 1 aliphatic heterocycles. The number of aromatic nitrogens is 1. The van der Waals surface area contributed by atoms with Crippen molar-refractivity contribution in [3.63, 3.8) is 0 Å². The summed E-state index contributed by atoms with van der Waals surface area (Å²) in [6, 6.07) is -0.303. The molecule has 1 aliphatic rings. The summed E-state index contributed by atoms with van der Waals surface area (Å²) in [6.07, 6.45) is 4.66. The molecule has 23 heavy (non-hydrogen) atoms. The maximum Gasteiger partial charge on any atom is 0.232 e. The van der Waals surface area contributed by atoms with Crippen molar-refractivity contribution in [3.8, 4) is 5.75 Å². The SMILES string of the molecule is CCOc1cn(C(CO)C(C)(C)C)c2c(c1=O)C=CC(=C=O)N2. The summed E-state index contributed by atoms with van der Waals surface area (Å²) in [5.41, 5.74) is 0.116.